The molecule has 1 rings (SSSR count). The first-order chi connectivity index (χ1) is 8.71. The number of hydrogen-bond donors (Lipinski definition) is 1. The smallest absolute Gasteiger partial charge is 0.0630 e. The van der Waals surface area contributed by atoms with Crippen LogP contribution in [0, 0.1) is 5.41 Å². The molecule has 0 radical (unpaired) electrons. The van der Waals surface area contributed by atoms with E-state index in [-0.39, 0.29) is 0 Å². The zero-order chi connectivity index (χ0) is 13.4. The molecule has 108 valence electrons. The molecule has 0 spiro atoms. The van der Waals surface area contributed by atoms with E-state index in [1.165, 1.54) is 38.8 Å². The van der Waals surface area contributed by atoms with Gasteiger partial charge in [-0.1, -0.05) is 20.8 Å². The molecule has 0 aliphatic carbocycles. The SMILES string of the molecule is CCCNCC(COC)N1CCC(CC)(CC)C1. The van der Waals surface area contributed by atoms with E-state index in [1.807, 2.05) is 7.11 Å². The molecule has 0 bridgehead atoms. The second-order valence-corrected chi connectivity index (χ2v) is 5.74. The van der Waals surface area contributed by atoms with E-state index in [4.69, 9.17) is 4.74 Å². The fraction of sp³-hybridized carbons (Fsp3) is 1.00. The Kier molecular flexibility index (Phi) is 7.20. The summed E-state index contributed by atoms with van der Waals surface area (Å²) in [6, 6.07) is 0.543. The molecule has 1 aliphatic heterocycles. The van der Waals surface area contributed by atoms with Crippen molar-refractivity contribution < 1.29 is 4.74 Å². The molecular weight excluding hydrogens is 224 g/mol. The van der Waals surface area contributed by atoms with Crippen molar-refractivity contribution in [1.29, 1.82) is 0 Å². The summed E-state index contributed by atoms with van der Waals surface area (Å²) in [5.74, 6) is 0. The van der Waals surface area contributed by atoms with Crippen molar-refractivity contribution in [1.82, 2.24) is 10.2 Å². The normalized spacial score (nSPS) is 21.3. The van der Waals surface area contributed by atoms with Crippen molar-refractivity contribution in [3.8, 4) is 0 Å². The number of nitrogens with one attached hydrogen (secondary N) is 1. The van der Waals surface area contributed by atoms with Gasteiger partial charge in [-0.15, -0.1) is 0 Å². The molecule has 0 aromatic heterocycles. The van der Waals surface area contributed by atoms with Crippen LogP contribution in [-0.4, -0.2) is 50.8 Å². The van der Waals surface area contributed by atoms with Crippen molar-refractivity contribution in [3.05, 3.63) is 0 Å². The van der Waals surface area contributed by atoms with Crippen LogP contribution in [0.5, 0.6) is 0 Å². The van der Waals surface area contributed by atoms with Gasteiger partial charge in [0, 0.05) is 26.2 Å². The van der Waals surface area contributed by atoms with Gasteiger partial charge in [-0.3, -0.25) is 4.90 Å². The van der Waals surface area contributed by atoms with Crippen LogP contribution in [0.2, 0.25) is 0 Å². The Morgan fingerprint density at radius 3 is 2.50 bits per heavy atom. The number of hydrogen-bond acceptors (Lipinski definition) is 3. The number of nitrogens with zero attached hydrogens (tertiary/aromatic N) is 1. The maximum absolute atomic E-state index is 5.40. The Morgan fingerprint density at radius 2 is 2.00 bits per heavy atom. The van der Waals surface area contributed by atoms with Crippen LogP contribution in [0.4, 0.5) is 0 Å². The van der Waals surface area contributed by atoms with E-state index >= 15 is 0 Å². The Morgan fingerprint density at radius 1 is 1.28 bits per heavy atom. The summed E-state index contributed by atoms with van der Waals surface area (Å²) < 4.78 is 5.40. The summed E-state index contributed by atoms with van der Waals surface area (Å²) in [5.41, 5.74) is 0.566. The number of rotatable bonds is 9. The zero-order valence-corrected chi connectivity index (χ0v) is 12.8. The molecule has 18 heavy (non-hydrogen) atoms. The van der Waals surface area contributed by atoms with Gasteiger partial charge in [-0.2, -0.15) is 0 Å². The molecule has 0 saturated carbocycles. The van der Waals surface area contributed by atoms with Gasteiger partial charge in [0.2, 0.25) is 0 Å². The molecule has 3 heteroatoms. The van der Waals surface area contributed by atoms with E-state index < -0.39 is 0 Å². The summed E-state index contributed by atoms with van der Waals surface area (Å²) in [4.78, 5) is 2.64. The third-order valence-corrected chi connectivity index (χ3v) is 4.65. The average molecular weight is 256 g/mol. The predicted molar refractivity (Wildman–Crippen MR) is 78.0 cm³/mol. The van der Waals surface area contributed by atoms with E-state index in [0.29, 0.717) is 11.5 Å². The van der Waals surface area contributed by atoms with Crippen molar-refractivity contribution in [2.75, 3.05) is 39.9 Å². The molecule has 1 atom stereocenters. The predicted octanol–water partition coefficient (Wildman–Crippen LogP) is 2.51. The lowest BCUT2D eigenvalue weighted by atomic mass is 9.82. The molecule has 1 heterocycles. The Labute approximate surface area is 113 Å². The van der Waals surface area contributed by atoms with Crippen molar-refractivity contribution >= 4 is 0 Å². The number of methoxy groups -OCH3 is 1. The minimum absolute atomic E-state index is 0.543. The molecular formula is C15H32N2O. The summed E-state index contributed by atoms with van der Waals surface area (Å²) in [6.07, 6.45) is 5.17. The fourth-order valence-corrected chi connectivity index (χ4v) is 3.04. The van der Waals surface area contributed by atoms with Crippen LogP contribution in [0.25, 0.3) is 0 Å². The van der Waals surface area contributed by atoms with Crippen molar-refractivity contribution in [3.63, 3.8) is 0 Å². The fourth-order valence-electron chi connectivity index (χ4n) is 3.04. The molecule has 0 aromatic rings. The minimum Gasteiger partial charge on any atom is -0.383 e. The summed E-state index contributed by atoms with van der Waals surface area (Å²) in [7, 11) is 1.82. The summed E-state index contributed by atoms with van der Waals surface area (Å²) >= 11 is 0. The van der Waals surface area contributed by atoms with E-state index in [1.54, 1.807) is 0 Å². The largest absolute Gasteiger partial charge is 0.383 e. The van der Waals surface area contributed by atoms with Gasteiger partial charge in [0.1, 0.15) is 0 Å². The average Bonchev–Trinajstić information content (AvgIpc) is 2.83. The van der Waals surface area contributed by atoms with Gasteiger partial charge in [-0.25, -0.2) is 0 Å². The van der Waals surface area contributed by atoms with Crippen LogP contribution in [0.15, 0.2) is 0 Å². The van der Waals surface area contributed by atoms with Gasteiger partial charge in [0.15, 0.2) is 0 Å². The topological polar surface area (TPSA) is 24.5 Å². The Bertz CT molecular complexity index is 217. The summed E-state index contributed by atoms with van der Waals surface area (Å²) in [5, 5.41) is 3.54. The van der Waals surface area contributed by atoms with Gasteiger partial charge in [-0.05, 0) is 44.2 Å². The highest BCUT2D eigenvalue weighted by Gasteiger charge is 2.37. The van der Waals surface area contributed by atoms with Crippen molar-refractivity contribution in [2.24, 2.45) is 5.41 Å². The number of ether oxygens (including phenoxy) is 1. The summed E-state index contributed by atoms with van der Waals surface area (Å²) in [6.45, 7) is 12.4. The lowest BCUT2D eigenvalue weighted by Gasteiger charge is -2.31. The third kappa shape index (κ3) is 4.22. The van der Waals surface area contributed by atoms with Crippen LogP contribution in [0.1, 0.15) is 46.5 Å². The molecule has 1 unspecified atom stereocenters. The third-order valence-electron chi connectivity index (χ3n) is 4.65. The second kappa shape index (κ2) is 8.13. The molecule has 1 aliphatic rings. The van der Waals surface area contributed by atoms with Crippen LogP contribution < -0.4 is 5.32 Å². The monoisotopic (exact) mass is 256 g/mol. The van der Waals surface area contributed by atoms with Crippen molar-refractivity contribution in [2.45, 2.75) is 52.5 Å². The van der Waals surface area contributed by atoms with E-state index in [9.17, 15) is 0 Å². The van der Waals surface area contributed by atoms with Crippen LogP contribution >= 0.6 is 0 Å². The van der Waals surface area contributed by atoms with Gasteiger partial charge >= 0.3 is 0 Å². The zero-order valence-electron chi connectivity index (χ0n) is 12.8. The molecule has 1 fully saturated rings. The Hall–Kier alpha value is -0.120. The standard InChI is InChI=1S/C15H32N2O/c1-5-9-16-11-14(12-18-4)17-10-8-15(6-2,7-3)13-17/h14,16H,5-13H2,1-4H3. The molecule has 0 amide bonds. The first kappa shape index (κ1) is 15.9. The van der Waals surface area contributed by atoms with E-state index in [0.717, 1.165) is 19.7 Å². The first-order valence-corrected chi connectivity index (χ1v) is 7.65. The first-order valence-electron chi connectivity index (χ1n) is 7.65. The van der Waals surface area contributed by atoms with Crippen LogP contribution in [-0.2, 0) is 4.74 Å². The highest BCUT2D eigenvalue weighted by Crippen LogP contribution is 2.37. The second-order valence-electron chi connectivity index (χ2n) is 5.74. The Balaban J connectivity index is 2.48. The van der Waals surface area contributed by atoms with Gasteiger partial charge < -0.3 is 10.1 Å². The lowest BCUT2D eigenvalue weighted by molar-refractivity contribution is 0.0943. The lowest BCUT2D eigenvalue weighted by Crippen LogP contribution is -2.45. The highest BCUT2D eigenvalue weighted by molar-refractivity contribution is 4.91. The minimum atomic E-state index is 0.543. The quantitative estimate of drug-likeness (QED) is 0.642. The molecule has 1 saturated heterocycles. The maximum atomic E-state index is 5.40. The maximum Gasteiger partial charge on any atom is 0.0630 e. The van der Waals surface area contributed by atoms with E-state index in [2.05, 4.69) is 31.0 Å². The molecule has 1 N–H and O–H groups in total. The molecule has 3 nitrogen and oxygen atoms in total. The number of likely N-dealkylation sites (tertiary alicyclic amines) is 1. The van der Waals surface area contributed by atoms with Gasteiger partial charge in [0.25, 0.3) is 0 Å². The van der Waals surface area contributed by atoms with Crippen LogP contribution in [0.3, 0.4) is 0 Å². The highest BCUT2D eigenvalue weighted by atomic mass is 16.5. The molecule has 0 aromatic carbocycles. The van der Waals surface area contributed by atoms with Gasteiger partial charge in [0.05, 0.1) is 6.61 Å².